The molecule has 3 rings (SSSR count). The molecule has 0 saturated heterocycles. The minimum atomic E-state index is -0.457. The summed E-state index contributed by atoms with van der Waals surface area (Å²) >= 11 is 0. The van der Waals surface area contributed by atoms with Crippen LogP contribution in [-0.2, 0) is 6.42 Å². The van der Waals surface area contributed by atoms with Crippen molar-refractivity contribution >= 4 is 11.5 Å². The maximum absolute atomic E-state index is 11.2. The number of benzene rings is 1. The molecule has 0 fully saturated rings. The van der Waals surface area contributed by atoms with Crippen molar-refractivity contribution in [2.45, 2.75) is 20.3 Å². The van der Waals surface area contributed by atoms with E-state index in [1.54, 1.807) is 25.1 Å². The first-order valence-electron chi connectivity index (χ1n) is 6.71. The number of aromatic nitrogens is 4. The lowest BCUT2D eigenvalue weighted by Gasteiger charge is -2.09. The van der Waals surface area contributed by atoms with Crippen LogP contribution in [-0.4, -0.2) is 24.5 Å². The van der Waals surface area contributed by atoms with E-state index < -0.39 is 4.92 Å². The van der Waals surface area contributed by atoms with Gasteiger partial charge in [0.05, 0.1) is 4.92 Å². The molecule has 0 radical (unpaired) electrons. The number of ether oxygens (including phenoxy) is 1. The summed E-state index contributed by atoms with van der Waals surface area (Å²) in [6, 6.07) is 6.56. The molecule has 112 valence electrons. The average molecular weight is 299 g/mol. The molecule has 0 aliphatic rings. The summed E-state index contributed by atoms with van der Waals surface area (Å²) in [6.07, 6.45) is 2.06. The number of nitrogens with zero attached hydrogens (tertiary/aromatic N) is 5. The van der Waals surface area contributed by atoms with Gasteiger partial charge in [0.2, 0.25) is 11.6 Å². The molecule has 0 aliphatic carbocycles. The largest absolute Gasteiger partial charge is 0.432 e. The van der Waals surface area contributed by atoms with Crippen LogP contribution in [0.15, 0.2) is 30.6 Å². The Hall–Kier alpha value is -3.03. The molecular formula is C14H13N5O3. The van der Waals surface area contributed by atoms with E-state index in [0.29, 0.717) is 23.8 Å². The Bertz CT molecular complexity index is 859. The molecule has 0 N–H and O–H groups in total. The van der Waals surface area contributed by atoms with Crippen molar-refractivity contribution in [1.29, 1.82) is 0 Å². The zero-order valence-electron chi connectivity index (χ0n) is 12.1. The maximum Gasteiger partial charge on any atom is 0.311 e. The van der Waals surface area contributed by atoms with E-state index in [1.165, 1.54) is 16.9 Å². The first-order chi connectivity index (χ1) is 10.6. The predicted octanol–water partition coefficient (Wildman–Crippen LogP) is 2.70. The summed E-state index contributed by atoms with van der Waals surface area (Å²) < 4.78 is 7.09. The molecule has 0 atom stereocenters. The average Bonchev–Trinajstić information content (AvgIpc) is 2.95. The number of hydrogen-bond acceptors (Lipinski definition) is 6. The van der Waals surface area contributed by atoms with Gasteiger partial charge in [0, 0.05) is 17.8 Å². The second kappa shape index (κ2) is 5.40. The van der Waals surface area contributed by atoms with E-state index in [9.17, 15) is 10.1 Å². The van der Waals surface area contributed by atoms with E-state index in [-0.39, 0.29) is 11.4 Å². The number of hydrogen-bond donors (Lipinski definition) is 0. The molecule has 2 aromatic heterocycles. The molecule has 0 spiro atoms. The molecule has 3 aromatic rings. The van der Waals surface area contributed by atoms with Crippen molar-refractivity contribution in [2.75, 3.05) is 0 Å². The lowest BCUT2D eigenvalue weighted by molar-refractivity contribution is -0.385. The van der Waals surface area contributed by atoms with Gasteiger partial charge in [0.15, 0.2) is 0 Å². The highest BCUT2D eigenvalue weighted by molar-refractivity contribution is 5.50. The second-order valence-electron chi connectivity index (χ2n) is 4.72. The van der Waals surface area contributed by atoms with Crippen LogP contribution in [0, 0.1) is 17.0 Å². The zero-order chi connectivity index (χ0) is 15.7. The fraction of sp³-hybridized carbons (Fsp3) is 0.214. The standard InChI is InChI=1S/C14H13N5O3/c1-3-10-4-5-12(11(7-10)19(20)21)22-13-6-9(2)17-14-15-8-16-18(13)14/h4-8H,3H2,1-2H3. The molecule has 0 bridgehead atoms. The zero-order valence-corrected chi connectivity index (χ0v) is 12.1. The van der Waals surface area contributed by atoms with Crippen LogP contribution in [0.3, 0.4) is 0 Å². The molecule has 1 aromatic carbocycles. The molecular weight excluding hydrogens is 286 g/mol. The highest BCUT2D eigenvalue weighted by Crippen LogP contribution is 2.32. The van der Waals surface area contributed by atoms with Gasteiger partial charge in [0.25, 0.3) is 5.78 Å². The monoisotopic (exact) mass is 299 g/mol. The van der Waals surface area contributed by atoms with Crippen molar-refractivity contribution in [1.82, 2.24) is 19.6 Å². The fourth-order valence-electron chi connectivity index (χ4n) is 2.09. The summed E-state index contributed by atoms with van der Waals surface area (Å²) in [5.74, 6) is 0.861. The van der Waals surface area contributed by atoms with Gasteiger partial charge in [-0.2, -0.15) is 14.6 Å². The lowest BCUT2D eigenvalue weighted by Crippen LogP contribution is -2.01. The van der Waals surface area contributed by atoms with Crippen LogP contribution in [0.1, 0.15) is 18.2 Å². The summed E-state index contributed by atoms with van der Waals surface area (Å²) in [5, 5.41) is 15.3. The second-order valence-corrected chi connectivity index (χ2v) is 4.72. The van der Waals surface area contributed by atoms with Gasteiger partial charge in [-0.15, -0.1) is 0 Å². The molecule has 0 unspecified atom stereocenters. The molecule has 8 nitrogen and oxygen atoms in total. The molecule has 8 heteroatoms. The first kappa shape index (κ1) is 13.9. The number of nitro groups is 1. The predicted molar refractivity (Wildman–Crippen MR) is 78.1 cm³/mol. The third-order valence-electron chi connectivity index (χ3n) is 3.19. The Morgan fingerprint density at radius 1 is 1.36 bits per heavy atom. The number of aryl methyl sites for hydroxylation is 2. The Morgan fingerprint density at radius 3 is 2.91 bits per heavy atom. The normalized spacial score (nSPS) is 10.8. The highest BCUT2D eigenvalue weighted by atomic mass is 16.6. The third-order valence-corrected chi connectivity index (χ3v) is 3.19. The van der Waals surface area contributed by atoms with Gasteiger partial charge in [-0.3, -0.25) is 10.1 Å². The van der Waals surface area contributed by atoms with Crippen LogP contribution < -0.4 is 4.74 Å². The van der Waals surface area contributed by atoms with E-state index >= 15 is 0 Å². The molecule has 2 heterocycles. The minimum absolute atomic E-state index is 0.0814. The van der Waals surface area contributed by atoms with Gasteiger partial charge >= 0.3 is 5.69 Å². The summed E-state index contributed by atoms with van der Waals surface area (Å²) in [5.41, 5.74) is 1.47. The van der Waals surface area contributed by atoms with Crippen molar-refractivity contribution in [3.8, 4) is 11.6 Å². The smallest absolute Gasteiger partial charge is 0.311 e. The molecule has 0 amide bonds. The molecule has 22 heavy (non-hydrogen) atoms. The van der Waals surface area contributed by atoms with Crippen LogP contribution >= 0.6 is 0 Å². The summed E-state index contributed by atoms with van der Waals surface area (Å²) in [4.78, 5) is 19.0. The Labute approximate surface area is 125 Å². The summed E-state index contributed by atoms with van der Waals surface area (Å²) in [6.45, 7) is 3.72. The number of rotatable bonds is 4. The van der Waals surface area contributed by atoms with Gasteiger partial charge in [-0.05, 0) is 25.0 Å². The molecule has 0 saturated carbocycles. The van der Waals surface area contributed by atoms with E-state index in [4.69, 9.17) is 4.74 Å². The Balaban J connectivity index is 2.08. The van der Waals surface area contributed by atoms with Crippen molar-refractivity contribution in [3.63, 3.8) is 0 Å². The van der Waals surface area contributed by atoms with Crippen molar-refractivity contribution in [2.24, 2.45) is 0 Å². The third kappa shape index (κ3) is 2.46. The minimum Gasteiger partial charge on any atom is -0.432 e. The Kier molecular flexibility index (Phi) is 3.42. The van der Waals surface area contributed by atoms with E-state index in [1.807, 2.05) is 6.92 Å². The van der Waals surface area contributed by atoms with E-state index in [0.717, 1.165) is 5.56 Å². The van der Waals surface area contributed by atoms with Crippen LogP contribution in [0.25, 0.3) is 5.78 Å². The van der Waals surface area contributed by atoms with Crippen LogP contribution in [0.2, 0.25) is 0 Å². The molecule has 0 aliphatic heterocycles. The quantitative estimate of drug-likeness (QED) is 0.543. The van der Waals surface area contributed by atoms with Gasteiger partial charge < -0.3 is 4.74 Å². The number of fused-ring (bicyclic) bond motifs is 1. The van der Waals surface area contributed by atoms with Crippen LogP contribution in [0.5, 0.6) is 11.6 Å². The van der Waals surface area contributed by atoms with Gasteiger partial charge in [-0.25, -0.2) is 4.98 Å². The maximum atomic E-state index is 11.2. The fourth-order valence-corrected chi connectivity index (χ4v) is 2.09. The SMILES string of the molecule is CCc1ccc(Oc2cc(C)nc3ncnn23)c([N+](=O)[O-])c1. The van der Waals surface area contributed by atoms with Crippen molar-refractivity contribution < 1.29 is 9.66 Å². The summed E-state index contributed by atoms with van der Waals surface area (Å²) in [7, 11) is 0. The van der Waals surface area contributed by atoms with Crippen molar-refractivity contribution in [3.05, 3.63) is 52.0 Å². The van der Waals surface area contributed by atoms with Gasteiger partial charge in [-0.1, -0.05) is 13.0 Å². The Morgan fingerprint density at radius 2 is 2.18 bits per heavy atom. The topological polar surface area (TPSA) is 95.5 Å². The van der Waals surface area contributed by atoms with E-state index in [2.05, 4.69) is 15.1 Å². The highest BCUT2D eigenvalue weighted by Gasteiger charge is 2.18. The lowest BCUT2D eigenvalue weighted by atomic mass is 10.1. The van der Waals surface area contributed by atoms with Crippen LogP contribution in [0.4, 0.5) is 5.69 Å². The van der Waals surface area contributed by atoms with Gasteiger partial charge in [0.1, 0.15) is 6.33 Å². The number of nitro benzene ring substituents is 1. The first-order valence-corrected chi connectivity index (χ1v) is 6.71.